The van der Waals surface area contributed by atoms with Crippen LogP contribution in [0.15, 0.2) is 59.2 Å². The first-order valence-electron chi connectivity index (χ1n) is 8.12. The monoisotopic (exact) mass is 412 g/mol. The molecule has 1 heterocycles. The molecule has 1 amide bonds. The molecule has 0 fully saturated rings. The van der Waals surface area contributed by atoms with Crippen molar-refractivity contribution in [3.63, 3.8) is 0 Å². The minimum Gasteiger partial charge on any atom is -0.459 e. The normalized spacial score (nSPS) is 10.8. The third kappa shape index (κ3) is 3.75. The number of nitrogens with one attached hydrogen (secondary N) is 1. The van der Waals surface area contributed by atoms with Crippen LogP contribution in [0.3, 0.4) is 0 Å². The molecule has 0 aliphatic carbocycles. The second kappa shape index (κ2) is 7.66. The lowest BCUT2D eigenvalue weighted by Gasteiger charge is -2.14. The summed E-state index contributed by atoms with van der Waals surface area (Å²) >= 11 is 3.50. The van der Waals surface area contributed by atoms with E-state index in [9.17, 15) is 9.59 Å². The lowest BCUT2D eigenvalue weighted by atomic mass is 10.0. The number of anilines is 1. The van der Waals surface area contributed by atoms with Gasteiger partial charge in [-0.2, -0.15) is 0 Å². The Morgan fingerprint density at radius 2 is 1.88 bits per heavy atom. The summed E-state index contributed by atoms with van der Waals surface area (Å²) in [6.07, 6.45) is 1.32. The second-order valence-corrected chi connectivity index (χ2v) is 6.80. The van der Waals surface area contributed by atoms with Gasteiger partial charge in [-0.25, -0.2) is 4.79 Å². The molecule has 0 atom stereocenters. The standard InChI is InChI=1S/C20H17BrN2O3/c1-12(2)26-20(25)14-9-10-15(21)13-6-5-8-16(18(13)14)23-19(24)17-7-3-4-11-22-17/h3-12H,1-2H3,(H,23,24). The number of hydrogen-bond acceptors (Lipinski definition) is 4. The van der Waals surface area contributed by atoms with E-state index in [1.807, 2.05) is 12.1 Å². The van der Waals surface area contributed by atoms with Crippen LogP contribution in [0.2, 0.25) is 0 Å². The molecule has 1 N–H and O–H groups in total. The van der Waals surface area contributed by atoms with E-state index >= 15 is 0 Å². The number of ether oxygens (including phenoxy) is 1. The molecule has 3 rings (SSSR count). The van der Waals surface area contributed by atoms with E-state index in [0.717, 1.165) is 9.86 Å². The van der Waals surface area contributed by atoms with E-state index in [4.69, 9.17) is 4.74 Å². The molecule has 3 aromatic rings. The van der Waals surface area contributed by atoms with E-state index in [0.29, 0.717) is 22.3 Å². The van der Waals surface area contributed by atoms with Gasteiger partial charge >= 0.3 is 5.97 Å². The number of aromatic nitrogens is 1. The average Bonchev–Trinajstić information content (AvgIpc) is 2.62. The molecule has 26 heavy (non-hydrogen) atoms. The van der Waals surface area contributed by atoms with Crippen molar-refractivity contribution >= 4 is 44.3 Å². The summed E-state index contributed by atoms with van der Waals surface area (Å²) in [5, 5.41) is 4.28. The third-order valence-electron chi connectivity index (χ3n) is 3.70. The topological polar surface area (TPSA) is 68.3 Å². The van der Waals surface area contributed by atoms with Crippen LogP contribution in [0.1, 0.15) is 34.7 Å². The summed E-state index contributed by atoms with van der Waals surface area (Å²) in [5.41, 5.74) is 1.22. The van der Waals surface area contributed by atoms with Crippen molar-refractivity contribution in [2.24, 2.45) is 0 Å². The Morgan fingerprint density at radius 1 is 1.08 bits per heavy atom. The van der Waals surface area contributed by atoms with E-state index in [-0.39, 0.29) is 12.0 Å². The molecule has 0 aliphatic rings. The summed E-state index contributed by atoms with van der Waals surface area (Å²) in [7, 11) is 0. The summed E-state index contributed by atoms with van der Waals surface area (Å²) < 4.78 is 6.17. The number of pyridine rings is 1. The number of nitrogens with zero attached hydrogens (tertiary/aromatic N) is 1. The summed E-state index contributed by atoms with van der Waals surface area (Å²) in [6.45, 7) is 3.59. The van der Waals surface area contributed by atoms with Gasteiger partial charge in [0, 0.05) is 21.7 Å². The largest absolute Gasteiger partial charge is 0.459 e. The SMILES string of the molecule is CC(C)OC(=O)c1ccc(Br)c2cccc(NC(=O)c3ccccn3)c12. The molecule has 0 aliphatic heterocycles. The number of amides is 1. The first kappa shape index (κ1) is 18.1. The fraction of sp³-hybridized carbons (Fsp3) is 0.150. The van der Waals surface area contributed by atoms with Crippen molar-refractivity contribution in [2.45, 2.75) is 20.0 Å². The molecular weight excluding hydrogens is 396 g/mol. The summed E-state index contributed by atoms with van der Waals surface area (Å²) in [5.74, 6) is -0.779. The highest BCUT2D eigenvalue weighted by Crippen LogP contribution is 2.33. The predicted molar refractivity (Wildman–Crippen MR) is 104 cm³/mol. The molecule has 0 unspecified atom stereocenters. The van der Waals surface area contributed by atoms with E-state index in [1.165, 1.54) is 0 Å². The third-order valence-corrected chi connectivity index (χ3v) is 4.39. The Morgan fingerprint density at radius 3 is 2.58 bits per heavy atom. The van der Waals surface area contributed by atoms with Crippen molar-refractivity contribution in [1.82, 2.24) is 4.98 Å². The zero-order valence-electron chi connectivity index (χ0n) is 14.3. The zero-order valence-corrected chi connectivity index (χ0v) is 15.9. The maximum atomic E-state index is 12.5. The number of carbonyl (C=O) groups is 2. The van der Waals surface area contributed by atoms with Crippen LogP contribution in [0.25, 0.3) is 10.8 Å². The fourth-order valence-corrected chi connectivity index (χ4v) is 3.07. The second-order valence-electron chi connectivity index (χ2n) is 5.95. The summed E-state index contributed by atoms with van der Waals surface area (Å²) in [6, 6.07) is 14.0. The quantitative estimate of drug-likeness (QED) is 0.623. The van der Waals surface area contributed by atoms with Crippen molar-refractivity contribution in [3.05, 3.63) is 70.5 Å². The lowest BCUT2D eigenvalue weighted by molar-refractivity contribution is 0.0380. The molecule has 0 saturated heterocycles. The molecule has 132 valence electrons. The Kier molecular flexibility index (Phi) is 5.32. The Bertz CT molecular complexity index is 971. The van der Waals surface area contributed by atoms with Gasteiger partial charge < -0.3 is 10.1 Å². The van der Waals surface area contributed by atoms with Crippen molar-refractivity contribution in [1.29, 1.82) is 0 Å². The Balaban J connectivity index is 2.09. The van der Waals surface area contributed by atoms with Crippen molar-refractivity contribution in [3.8, 4) is 0 Å². The van der Waals surface area contributed by atoms with E-state index < -0.39 is 5.97 Å². The number of fused-ring (bicyclic) bond motifs is 1. The fourth-order valence-electron chi connectivity index (χ4n) is 2.61. The molecular formula is C20H17BrN2O3. The number of halogens is 1. The molecule has 5 nitrogen and oxygen atoms in total. The number of esters is 1. The molecule has 0 bridgehead atoms. The Hall–Kier alpha value is -2.73. The molecule has 1 aromatic heterocycles. The van der Waals surface area contributed by atoms with Crippen LogP contribution in [0.4, 0.5) is 5.69 Å². The Labute approximate surface area is 159 Å². The van der Waals surface area contributed by atoms with Crippen molar-refractivity contribution < 1.29 is 14.3 Å². The van der Waals surface area contributed by atoms with Crippen LogP contribution in [0, 0.1) is 0 Å². The van der Waals surface area contributed by atoms with Crippen LogP contribution in [-0.2, 0) is 4.74 Å². The molecule has 6 heteroatoms. The highest BCUT2D eigenvalue weighted by atomic mass is 79.9. The molecule has 0 radical (unpaired) electrons. The number of benzene rings is 2. The number of rotatable bonds is 4. The minimum absolute atomic E-state index is 0.239. The van der Waals surface area contributed by atoms with Crippen LogP contribution in [-0.4, -0.2) is 23.0 Å². The minimum atomic E-state index is -0.433. The van der Waals surface area contributed by atoms with Gasteiger partial charge in [0.2, 0.25) is 0 Å². The van der Waals surface area contributed by atoms with Gasteiger partial charge in [-0.3, -0.25) is 9.78 Å². The first-order chi connectivity index (χ1) is 12.5. The predicted octanol–water partition coefficient (Wildman–Crippen LogP) is 4.81. The highest BCUT2D eigenvalue weighted by Gasteiger charge is 2.18. The van der Waals surface area contributed by atoms with Crippen LogP contribution >= 0.6 is 15.9 Å². The van der Waals surface area contributed by atoms with Gasteiger partial charge in [-0.1, -0.05) is 34.1 Å². The lowest BCUT2D eigenvalue weighted by Crippen LogP contribution is -2.15. The van der Waals surface area contributed by atoms with E-state index in [2.05, 4.69) is 26.2 Å². The maximum absolute atomic E-state index is 12.5. The van der Waals surface area contributed by atoms with Gasteiger partial charge in [0.25, 0.3) is 5.91 Å². The number of carbonyl (C=O) groups excluding carboxylic acids is 2. The van der Waals surface area contributed by atoms with Gasteiger partial charge in [0.05, 0.1) is 11.7 Å². The molecule has 0 spiro atoms. The van der Waals surface area contributed by atoms with Gasteiger partial charge in [-0.05, 0) is 49.6 Å². The molecule has 0 saturated carbocycles. The van der Waals surface area contributed by atoms with E-state index in [1.54, 1.807) is 56.4 Å². The molecule has 2 aromatic carbocycles. The summed E-state index contributed by atoms with van der Waals surface area (Å²) in [4.78, 5) is 29.1. The van der Waals surface area contributed by atoms with Gasteiger partial charge in [-0.15, -0.1) is 0 Å². The van der Waals surface area contributed by atoms with Gasteiger partial charge in [0.15, 0.2) is 0 Å². The highest BCUT2D eigenvalue weighted by molar-refractivity contribution is 9.10. The van der Waals surface area contributed by atoms with Crippen molar-refractivity contribution in [2.75, 3.05) is 5.32 Å². The smallest absolute Gasteiger partial charge is 0.339 e. The zero-order chi connectivity index (χ0) is 18.7. The maximum Gasteiger partial charge on any atom is 0.339 e. The number of hydrogen-bond donors (Lipinski definition) is 1. The first-order valence-corrected chi connectivity index (χ1v) is 8.91. The average molecular weight is 413 g/mol. The van der Waals surface area contributed by atoms with Crippen LogP contribution < -0.4 is 5.32 Å². The van der Waals surface area contributed by atoms with Gasteiger partial charge in [0.1, 0.15) is 5.69 Å². The van der Waals surface area contributed by atoms with Crippen LogP contribution in [0.5, 0.6) is 0 Å².